The van der Waals surface area contributed by atoms with E-state index in [1.807, 2.05) is 73.7 Å². The molecule has 7 nitrogen and oxygen atoms in total. The van der Waals surface area contributed by atoms with Gasteiger partial charge in [0.15, 0.2) is 5.65 Å². The average molecular weight is 408 g/mol. The first-order valence-corrected chi connectivity index (χ1v) is 9.94. The monoisotopic (exact) mass is 408 g/mol. The molecular weight excluding hydrogens is 388 g/mol. The molecule has 0 saturated heterocycles. The summed E-state index contributed by atoms with van der Waals surface area (Å²) >= 11 is 0. The predicted molar refractivity (Wildman–Crippen MR) is 122 cm³/mol. The van der Waals surface area contributed by atoms with Crippen LogP contribution < -0.4 is 10.2 Å². The highest BCUT2D eigenvalue weighted by atomic mass is 16.5. The molecule has 0 unspecified atom stereocenters. The van der Waals surface area contributed by atoms with Crippen molar-refractivity contribution in [2.75, 3.05) is 5.43 Å². The Hall–Kier alpha value is -4.26. The zero-order valence-corrected chi connectivity index (χ0v) is 16.9. The zero-order valence-electron chi connectivity index (χ0n) is 16.9. The summed E-state index contributed by atoms with van der Waals surface area (Å²) in [6.07, 6.45) is 1.68. The summed E-state index contributed by atoms with van der Waals surface area (Å²) in [5.74, 6) is 1.06. The number of fused-ring (bicyclic) bond motifs is 3. The van der Waals surface area contributed by atoms with Gasteiger partial charge in [-0.1, -0.05) is 54.1 Å². The van der Waals surface area contributed by atoms with E-state index in [0.29, 0.717) is 18.2 Å². The van der Waals surface area contributed by atoms with Gasteiger partial charge in [0.05, 0.1) is 6.21 Å². The van der Waals surface area contributed by atoms with Crippen LogP contribution in [0.4, 0.5) is 5.95 Å². The van der Waals surface area contributed by atoms with Gasteiger partial charge in [0, 0.05) is 16.5 Å². The minimum atomic E-state index is 0.315. The molecule has 2 N–H and O–H groups in total. The van der Waals surface area contributed by atoms with Gasteiger partial charge in [-0.05, 0) is 36.8 Å². The van der Waals surface area contributed by atoms with Gasteiger partial charge >= 0.3 is 0 Å². The SMILES string of the molecule is Cc1ccc2[nH]c3nc(N/N=C/c4ccccc4OCc4ccccc4)nnc3c2c1. The van der Waals surface area contributed by atoms with E-state index in [2.05, 4.69) is 36.8 Å². The number of rotatable bonds is 6. The lowest BCUT2D eigenvalue weighted by Crippen LogP contribution is -2.01. The maximum Gasteiger partial charge on any atom is 0.265 e. The third-order valence-electron chi connectivity index (χ3n) is 4.89. The molecule has 2 heterocycles. The molecule has 0 spiro atoms. The number of aromatic amines is 1. The van der Waals surface area contributed by atoms with Gasteiger partial charge in [-0.15, -0.1) is 10.2 Å². The number of hydrazone groups is 1. The molecule has 5 aromatic rings. The average Bonchev–Trinajstić information content (AvgIpc) is 3.16. The highest BCUT2D eigenvalue weighted by molar-refractivity contribution is 6.03. The third kappa shape index (κ3) is 4.06. The molecular formula is C24H20N6O. The molecule has 0 aliphatic heterocycles. The van der Waals surface area contributed by atoms with Gasteiger partial charge in [0.2, 0.25) is 0 Å². The first-order valence-electron chi connectivity index (χ1n) is 9.94. The standard InChI is InChI=1S/C24H20N6O/c1-16-11-12-20-19(13-16)22-23(26-20)27-24(30-28-22)29-25-14-18-9-5-6-10-21(18)31-15-17-7-3-2-4-8-17/h2-14H,15H2,1H3,(H2,26,27,29,30)/b25-14+. The number of H-pyrrole nitrogens is 1. The van der Waals surface area contributed by atoms with Crippen molar-refractivity contribution in [1.82, 2.24) is 20.2 Å². The van der Waals surface area contributed by atoms with Crippen molar-refractivity contribution in [3.63, 3.8) is 0 Å². The van der Waals surface area contributed by atoms with Gasteiger partial charge < -0.3 is 9.72 Å². The van der Waals surface area contributed by atoms with Crippen molar-refractivity contribution < 1.29 is 4.74 Å². The number of benzene rings is 3. The highest BCUT2D eigenvalue weighted by Crippen LogP contribution is 2.23. The Morgan fingerprint density at radius 2 is 1.84 bits per heavy atom. The van der Waals surface area contributed by atoms with Crippen LogP contribution in [0.3, 0.4) is 0 Å². The van der Waals surface area contributed by atoms with E-state index in [-0.39, 0.29) is 0 Å². The van der Waals surface area contributed by atoms with Crippen molar-refractivity contribution in [2.24, 2.45) is 5.10 Å². The highest BCUT2D eigenvalue weighted by Gasteiger charge is 2.09. The summed E-state index contributed by atoms with van der Waals surface area (Å²) in [6, 6.07) is 23.9. The van der Waals surface area contributed by atoms with Crippen LogP contribution in [-0.2, 0) is 6.61 Å². The first-order chi connectivity index (χ1) is 15.3. The van der Waals surface area contributed by atoms with Gasteiger partial charge in [-0.3, -0.25) is 0 Å². The number of nitrogens with one attached hydrogen (secondary N) is 2. The number of hydrogen-bond acceptors (Lipinski definition) is 6. The number of ether oxygens (including phenoxy) is 1. The van der Waals surface area contributed by atoms with E-state index in [4.69, 9.17) is 4.74 Å². The van der Waals surface area contributed by atoms with Crippen LogP contribution in [0.2, 0.25) is 0 Å². The molecule has 0 bridgehead atoms. The Kier molecular flexibility index (Phi) is 4.98. The molecule has 0 aliphatic rings. The number of hydrogen-bond donors (Lipinski definition) is 2. The molecule has 152 valence electrons. The zero-order chi connectivity index (χ0) is 21.0. The Balaban J connectivity index is 1.32. The molecule has 3 aromatic carbocycles. The van der Waals surface area contributed by atoms with Gasteiger partial charge in [0.25, 0.3) is 5.95 Å². The van der Waals surface area contributed by atoms with Gasteiger partial charge in [-0.2, -0.15) is 10.1 Å². The van der Waals surface area contributed by atoms with Crippen LogP contribution in [0.15, 0.2) is 77.9 Å². The number of anilines is 1. The molecule has 0 saturated carbocycles. The molecule has 5 rings (SSSR count). The molecule has 0 amide bonds. The predicted octanol–water partition coefficient (Wildman–Crippen LogP) is 4.84. The van der Waals surface area contributed by atoms with Crippen LogP contribution in [0.25, 0.3) is 22.1 Å². The molecule has 0 atom stereocenters. The van der Waals surface area contributed by atoms with Crippen LogP contribution in [-0.4, -0.2) is 26.4 Å². The molecule has 0 radical (unpaired) electrons. The fourth-order valence-corrected chi connectivity index (χ4v) is 3.35. The topological polar surface area (TPSA) is 88.1 Å². The summed E-state index contributed by atoms with van der Waals surface area (Å²) in [5.41, 5.74) is 8.36. The molecule has 31 heavy (non-hydrogen) atoms. The van der Waals surface area contributed by atoms with Crippen molar-refractivity contribution >= 4 is 34.2 Å². The van der Waals surface area contributed by atoms with Crippen LogP contribution >= 0.6 is 0 Å². The Labute approximate surface area is 178 Å². The molecule has 7 heteroatoms. The fourth-order valence-electron chi connectivity index (χ4n) is 3.35. The van der Waals surface area contributed by atoms with Crippen LogP contribution in [0, 0.1) is 6.92 Å². The second-order valence-electron chi connectivity index (χ2n) is 7.19. The van der Waals surface area contributed by atoms with Crippen molar-refractivity contribution in [1.29, 1.82) is 0 Å². The Bertz CT molecular complexity index is 1380. The van der Waals surface area contributed by atoms with E-state index < -0.39 is 0 Å². The minimum Gasteiger partial charge on any atom is -0.488 e. The largest absolute Gasteiger partial charge is 0.488 e. The first kappa shape index (κ1) is 18.7. The van der Waals surface area contributed by atoms with E-state index in [1.54, 1.807) is 6.21 Å². The second-order valence-corrected chi connectivity index (χ2v) is 7.19. The quantitative estimate of drug-likeness (QED) is 0.310. The van der Waals surface area contributed by atoms with Crippen molar-refractivity contribution in [3.8, 4) is 5.75 Å². The normalized spacial score (nSPS) is 11.4. The Morgan fingerprint density at radius 3 is 2.74 bits per heavy atom. The van der Waals surface area contributed by atoms with E-state index in [9.17, 15) is 0 Å². The van der Waals surface area contributed by atoms with Crippen LogP contribution in [0.5, 0.6) is 5.75 Å². The Morgan fingerprint density at radius 1 is 1.00 bits per heavy atom. The van der Waals surface area contributed by atoms with Gasteiger partial charge in [0.1, 0.15) is 17.9 Å². The minimum absolute atomic E-state index is 0.315. The number of nitrogens with zero attached hydrogens (tertiary/aromatic N) is 4. The smallest absolute Gasteiger partial charge is 0.265 e. The summed E-state index contributed by atoms with van der Waals surface area (Å²) < 4.78 is 5.96. The molecule has 0 fully saturated rings. The summed E-state index contributed by atoms with van der Waals surface area (Å²) in [6.45, 7) is 2.54. The maximum atomic E-state index is 5.96. The summed E-state index contributed by atoms with van der Waals surface area (Å²) in [4.78, 5) is 7.76. The van der Waals surface area contributed by atoms with E-state index in [0.717, 1.165) is 38.9 Å². The van der Waals surface area contributed by atoms with E-state index in [1.165, 1.54) is 0 Å². The molecule has 2 aromatic heterocycles. The number of para-hydroxylation sites is 1. The van der Waals surface area contributed by atoms with Crippen LogP contribution in [0.1, 0.15) is 16.7 Å². The number of aryl methyl sites for hydroxylation is 1. The lowest BCUT2D eigenvalue weighted by atomic mass is 10.2. The second kappa shape index (κ2) is 8.23. The summed E-state index contributed by atoms with van der Waals surface area (Å²) in [5, 5.41) is 13.7. The fraction of sp³-hybridized carbons (Fsp3) is 0.0833. The van der Waals surface area contributed by atoms with Gasteiger partial charge in [-0.25, -0.2) is 5.43 Å². The van der Waals surface area contributed by atoms with Crippen molar-refractivity contribution in [3.05, 3.63) is 89.5 Å². The summed E-state index contributed by atoms with van der Waals surface area (Å²) in [7, 11) is 0. The van der Waals surface area contributed by atoms with E-state index >= 15 is 0 Å². The maximum absolute atomic E-state index is 5.96. The van der Waals surface area contributed by atoms with Crippen molar-refractivity contribution in [2.45, 2.75) is 13.5 Å². The lowest BCUT2D eigenvalue weighted by molar-refractivity contribution is 0.306. The lowest BCUT2D eigenvalue weighted by Gasteiger charge is -2.08. The third-order valence-corrected chi connectivity index (χ3v) is 4.89. The molecule has 0 aliphatic carbocycles. The number of aromatic nitrogens is 4.